The number of hydrogen-bond donors (Lipinski definition) is 3. The third-order valence-corrected chi connectivity index (χ3v) is 11.1. The Bertz CT molecular complexity index is 1320. The van der Waals surface area contributed by atoms with Crippen LogP contribution in [0.3, 0.4) is 0 Å². The van der Waals surface area contributed by atoms with Crippen molar-refractivity contribution in [1.82, 2.24) is 0 Å². The molecule has 0 aliphatic rings. The first-order chi connectivity index (χ1) is 30.8. The number of hydrogen-bond acceptors (Lipinski definition) is 6. The second-order valence-electron chi connectivity index (χ2n) is 16.8. The van der Waals surface area contributed by atoms with Gasteiger partial charge in [0.05, 0.1) is 0 Å². The minimum Gasteiger partial charge on any atom is -0.382 e. The van der Waals surface area contributed by atoms with E-state index in [0.29, 0.717) is 19.3 Å². The van der Waals surface area contributed by atoms with Crippen LogP contribution < -0.4 is 0 Å². The van der Waals surface area contributed by atoms with Crippen LogP contribution in [-0.2, 0) is 14.4 Å². The van der Waals surface area contributed by atoms with E-state index < -0.39 is 35.2 Å². The molecule has 0 aliphatic heterocycles. The lowest BCUT2D eigenvalue weighted by atomic mass is 9.78. The van der Waals surface area contributed by atoms with E-state index in [1.54, 1.807) is 0 Å². The van der Waals surface area contributed by atoms with Gasteiger partial charge in [-0.3, -0.25) is 14.4 Å². The molecule has 356 valence electrons. The Labute approximate surface area is 386 Å². The summed E-state index contributed by atoms with van der Waals surface area (Å²) in [5.41, 5.74) is -2.85. The van der Waals surface area contributed by atoms with Gasteiger partial charge in [-0.2, -0.15) is 0 Å². The van der Waals surface area contributed by atoms with Crippen LogP contribution in [0.25, 0.3) is 0 Å². The number of Topliss-reactive ketones (excluding diaryl/α,β-unsaturated/α-hetero) is 3. The van der Waals surface area contributed by atoms with E-state index in [4.69, 9.17) is 0 Å². The summed E-state index contributed by atoms with van der Waals surface area (Å²) < 4.78 is 0. The van der Waals surface area contributed by atoms with E-state index in [2.05, 4.69) is 130 Å². The molecule has 0 spiro atoms. The minimum atomic E-state index is -2.85. The quantitative estimate of drug-likeness (QED) is 0.0415. The van der Waals surface area contributed by atoms with Crippen molar-refractivity contribution in [3.63, 3.8) is 0 Å². The normalized spacial score (nSPS) is 14.8. The van der Waals surface area contributed by atoms with E-state index in [1.165, 1.54) is 0 Å². The van der Waals surface area contributed by atoms with Crippen molar-refractivity contribution in [3.8, 4) is 0 Å². The van der Waals surface area contributed by atoms with Crippen LogP contribution in [0.2, 0.25) is 0 Å². The number of rotatable bonds is 44. The van der Waals surface area contributed by atoms with Gasteiger partial charge in [0.15, 0.2) is 35.2 Å². The van der Waals surface area contributed by atoms with Crippen molar-refractivity contribution in [1.29, 1.82) is 0 Å². The maximum atomic E-state index is 13.6. The number of aliphatic hydroxyl groups excluding tert-OH is 2. The summed E-state index contributed by atoms with van der Waals surface area (Å²) in [6, 6.07) is 0. The van der Waals surface area contributed by atoms with Crippen molar-refractivity contribution in [2.75, 3.05) is 0 Å². The van der Waals surface area contributed by atoms with E-state index in [9.17, 15) is 29.7 Å². The molecule has 2 atom stereocenters. The Hall–Kier alpha value is -3.45. The first kappa shape index (κ1) is 59.5. The number of ketones is 3. The van der Waals surface area contributed by atoms with Gasteiger partial charge >= 0.3 is 0 Å². The van der Waals surface area contributed by atoms with Crippen LogP contribution in [0.4, 0.5) is 0 Å². The fourth-order valence-electron chi connectivity index (χ4n) is 7.16. The smallest absolute Gasteiger partial charge is 0.189 e. The number of carbonyl (C=O) groups excluding carboxylic acids is 3. The van der Waals surface area contributed by atoms with Crippen LogP contribution in [0.15, 0.2) is 109 Å². The number of carbonyl (C=O) groups is 3. The van der Waals surface area contributed by atoms with Gasteiger partial charge in [-0.1, -0.05) is 188 Å². The zero-order valence-corrected chi connectivity index (χ0v) is 40.3. The first-order valence-electron chi connectivity index (χ1n) is 25.3. The molecule has 6 nitrogen and oxygen atoms in total. The first-order valence-corrected chi connectivity index (χ1v) is 25.3. The standard InChI is InChI=1S/C57H92O6/c1-4-7-10-13-16-19-22-25-28-31-34-37-40-43-46-49-52(58)55(61)57(63,54(60)51-48-45-42-39-36-33-30-27-24-21-18-15-12-9-6-3)56(62)53(59)50-47-44-41-38-35-32-29-26-23-20-17-14-11-8-5-2/h7-12,16-21,25-30,55-56,61-63H,4-6,13-15,22-24,31-51H2,1-3H3/b10-7-,11-8-,12-9-,19-16-,20-17-,21-18-,28-25-,29-26-,30-27-. The zero-order chi connectivity index (χ0) is 46.3. The Morgan fingerprint density at radius 2 is 0.587 bits per heavy atom. The number of unbranched alkanes of at least 4 members (excludes halogenated alkanes) is 15. The summed E-state index contributed by atoms with van der Waals surface area (Å²) >= 11 is 0. The number of allylic oxidation sites excluding steroid dienone is 18. The lowest BCUT2D eigenvalue weighted by Crippen LogP contribution is -2.63. The summed E-state index contributed by atoms with van der Waals surface area (Å²) in [4.78, 5) is 40.1. The molecule has 63 heavy (non-hydrogen) atoms. The zero-order valence-electron chi connectivity index (χ0n) is 40.3. The van der Waals surface area contributed by atoms with Crippen molar-refractivity contribution < 1.29 is 29.7 Å². The molecule has 0 saturated heterocycles. The third-order valence-electron chi connectivity index (χ3n) is 11.1. The lowest BCUT2D eigenvalue weighted by molar-refractivity contribution is -0.181. The summed E-state index contributed by atoms with van der Waals surface area (Å²) in [5, 5.41) is 34.1. The maximum absolute atomic E-state index is 13.6. The Kier molecular flexibility index (Phi) is 42.7. The molecule has 0 aromatic rings. The lowest BCUT2D eigenvalue weighted by Gasteiger charge is -2.34. The third kappa shape index (κ3) is 34.6. The second-order valence-corrected chi connectivity index (χ2v) is 16.8. The monoisotopic (exact) mass is 873 g/mol. The van der Waals surface area contributed by atoms with Crippen molar-refractivity contribution >= 4 is 17.3 Å². The maximum Gasteiger partial charge on any atom is 0.189 e. The van der Waals surface area contributed by atoms with E-state index in [0.717, 1.165) is 154 Å². The summed E-state index contributed by atoms with van der Waals surface area (Å²) in [6.07, 6.45) is 59.4. The molecular formula is C57H92O6. The second kappa shape index (κ2) is 45.1. The van der Waals surface area contributed by atoms with E-state index in [-0.39, 0.29) is 19.3 Å². The average Bonchev–Trinajstić information content (AvgIpc) is 3.29. The molecule has 2 unspecified atom stereocenters. The molecule has 0 amide bonds. The summed E-state index contributed by atoms with van der Waals surface area (Å²) in [6.45, 7) is 6.40. The highest BCUT2D eigenvalue weighted by Crippen LogP contribution is 2.26. The van der Waals surface area contributed by atoms with Crippen LogP contribution in [0, 0.1) is 0 Å². The predicted molar refractivity (Wildman–Crippen MR) is 270 cm³/mol. The molecule has 0 rings (SSSR count). The Morgan fingerprint density at radius 3 is 0.889 bits per heavy atom. The van der Waals surface area contributed by atoms with Gasteiger partial charge < -0.3 is 15.3 Å². The SMILES string of the molecule is CC/C=C\C/C=C\C/C=C\CCCCCCCC(=O)C(O)C(O)(C(=O)CCCCCCC/C=C\C/C=C\C/C=C\CC)C(O)C(=O)CCCCCCC/C=C\C/C=C\C/C=C\CC. The Balaban J connectivity index is 4.95. The van der Waals surface area contributed by atoms with Gasteiger partial charge in [0, 0.05) is 19.3 Å². The van der Waals surface area contributed by atoms with Gasteiger partial charge in [-0.25, -0.2) is 0 Å². The molecule has 0 aliphatic carbocycles. The van der Waals surface area contributed by atoms with Crippen molar-refractivity contribution in [2.24, 2.45) is 0 Å². The predicted octanol–water partition coefficient (Wildman–Crippen LogP) is 14.9. The van der Waals surface area contributed by atoms with Gasteiger partial charge in [0.25, 0.3) is 0 Å². The van der Waals surface area contributed by atoms with Crippen molar-refractivity contribution in [3.05, 3.63) is 109 Å². The molecule has 0 saturated carbocycles. The van der Waals surface area contributed by atoms with Gasteiger partial charge in [-0.05, 0) is 116 Å². The molecule has 0 bridgehead atoms. The molecule has 0 aromatic carbocycles. The molecule has 6 heteroatoms. The van der Waals surface area contributed by atoms with E-state index in [1.807, 2.05) is 0 Å². The number of aliphatic hydroxyl groups is 3. The van der Waals surface area contributed by atoms with Crippen LogP contribution in [0.1, 0.15) is 213 Å². The van der Waals surface area contributed by atoms with Crippen LogP contribution >= 0.6 is 0 Å². The molecule has 0 aromatic heterocycles. The largest absolute Gasteiger partial charge is 0.382 e. The highest BCUT2D eigenvalue weighted by atomic mass is 16.4. The topological polar surface area (TPSA) is 112 Å². The highest BCUT2D eigenvalue weighted by molar-refractivity contribution is 6.01. The fourth-order valence-corrected chi connectivity index (χ4v) is 7.16. The molecule has 3 N–H and O–H groups in total. The van der Waals surface area contributed by atoms with Gasteiger partial charge in [0.1, 0.15) is 0 Å². The Morgan fingerprint density at radius 1 is 0.349 bits per heavy atom. The van der Waals surface area contributed by atoms with Crippen LogP contribution in [-0.4, -0.2) is 50.5 Å². The summed E-state index contributed by atoms with van der Waals surface area (Å²) in [5.74, 6) is -2.24. The van der Waals surface area contributed by atoms with Crippen LogP contribution in [0.5, 0.6) is 0 Å². The minimum absolute atomic E-state index is 0.0269. The summed E-state index contributed by atoms with van der Waals surface area (Å²) in [7, 11) is 0. The average molecular weight is 873 g/mol. The van der Waals surface area contributed by atoms with Crippen molar-refractivity contribution in [2.45, 2.75) is 231 Å². The van der Waals surface area contributed by atoms with Gasteiger partial charge in [-0.15, -0.1) is 0 Å². The molecule has 0 heterocycles. The highest BCUT2D eigenvalue weighted by Gasteiger charge is 2.53. The molecular weight excluding hydrogens is 781 g/mol. The molecule has 0 fully saturated rings. The fraction of sp³-hybridized carbons (Fsp3) is 0.632. The van der Waals surface area contributed by atoms with E-state index >= 15 is 0 Å². The van der Waals surface area contributed by atoms with Gasteiger partial charge in [0.2, 0.25) is 0 Å². The molecule has 0 radical (unpaired) electrons.